The van der Waals surface area contributed by atoms with Crippen LogP contribution in [0.1, 0.15) is 49.0 Å². The lowest BCUT2D eigenvalue weighted by Gasteiger charge is -2.29. The molecule has 0 saturated carbocycles. The lowest BCUT2D eigenvalue weighted by Crippen LogP contribution is -2.44. The summed E-state index contributed by atoms with van der Waals surface area (Å²) in [4.78, 5) is 41.9. The van der Waals surface area contributed by atoms with Gasteiger partial charge in [-0.15, -0.1) is 11.3 Å². The lowest BCUT2D eigenvalue weighted by atomic mass is 10.1. The van der Waals surface area contributed by atoms with Gasteiger partial charge in [0.25, 0.3) is 5.91 Å². The normalized spacial score (nSPS) is 19.6. The van der Waals surface area contributed by atoms with Crippen LogP contribution in [0, 0.1) is 0 Å². The summed E-state index contributed by atoms with van der Waals surface area (Å²) in [5.41, 5.74) is 0.523. The highest BCUT2D eigenvalue weighted by Crippen LogP contribution is 2.31. The number of carbonyl (C=O) groups is 2. The van der Waals surface area contributed by atoms with Crippen molar-refractivity contribution in [2.24, 2.45) is 0 Å². The molecule has 160 valence electrons. The van der Waals surface area contributed by atoms with Gasteiger partial charge >= 0.3 is 6.09 Å². The first-order valence-corrected chi connectivity index (χ1v) is 10.8. The summed E-state index contributed by atoms with van der Waals surface area (Å²) in [5, 5.41) is 0.570. The predicted molar refractivity (Wildman–Crippen MR) is 110 cm³/mol. The van der Waals surface area contributed by atoms with Gasteiger partial charge in [-0.25, -0.2) is 29.0 Å². The van der Waals surface area contributed by atoms with Gasteiger partial charge in [0.2, 0.25) is 0 Å². The van der Waals surface area contributed by atoms with Gasteiger partial charge in [0.1, 0.15) is 33.2 Å². The van der Waals surface area contributed by atoms with Crippen LogP contribution in [-0.2, 0) is 11.2 Å². The number of fused-ring (bicyclic) bond motifs is 1. The third-order valence-electron chi connectivity index (χ3n) is 4.87. The van der Waals surface area contributed by atoms with E-state index in [-0.39, 0.29) is 6.54 Å². The van der Waals surface area contributed by atoms with Gasteiger partial charge in [-0.1, -0.05) is 0 Å². The van der Waals surface area contributed by atoms with E-state index in [1.807, 2.05) is 4.90 Å². The number of imide groups is 1. The summed E-state index contributed by atoms with van der Waals surface area (Å²) < 4.78 is 19.0. The molecular weight excluding hydrogens is 409 g/mol. The van der Waals surface area contributed by atoms with Gasteiger partial charge in [0.15, 0.2) is 0 Å². The Morgan fingerprint density at radius 1 is 1.27 bits per heavy atom. The van der Waals surface area contributed by atoms with E-state index in [0.29, 0.717) is 46.5 Å². The average Bonchev–Trinajstić information content (AvgIpc) is 3.12. The zero-order valence-electron chi connectivity index (χ0n) is 17.2. The number of halogens is 1. The summed E-state index contributed by atoms with van der Waals surface area (Å²) in [6, 6.07) is 0. The highest BCUT2D eigenvalue weighted by atomic mass is 32.1. The molecule has 0 spiro atoms. The fourth-order valence-corrected chi connectivity index (χ4v) is 4.48. The van der Waals surface area contributed by atoms with E-state index in [0.717, 1.165) is 17.9 Å². The van der Waals surface area contributed by atoms with Crippen molar-refractivity contribution in [2.45, 2.75) is 51.8 Å². The van der Waals surface area contributed by atoms with E-state index < -0.39 is 23.8 Å². The summed E-state index contributed by atoms with van der Waals surface area (Å²) in [6.07, 6.45) is 3.56. The lowest BCUT2D eigenvalue weighted by molar-refractivity contribution is 0.0235. The number of anilines is 1. The second kappa shape index (κ2) is 7.90. The highest BCUT2D eigenvalue weighted by molar-refractivity contribution is 7.17. The van der Waals surface area contributed by atoms with Crippen molar-refractivity contribution in [1.82, 2.24) is 19.9 Å². The van der Waals surface area contributed by atoms with Crippen LogP contribution in [0.25, 0.3) is 10.7 Å². The Kier molecular flexibility index (Phi) is 5.44. The molecular formula is C20H24FN5O3S. The zero-order valence-corrected chi connectivity index (χ0v) is 18.0. The summed E-state index contributed by atoms with van der Waals surface area (Å²) in [6.45, 7) is 6.60. The number of hydrogen-bond donors (Lipinski definition) is 0. The number of nitrogens with zero attached hydrogens (tertiary/aromatic N) is 5. The van der Waals surface area contributed by atoms with Crippen molar-refractivity contribution in [1.29, 1.82) is 0 Å². The smallest absolute Gasteiger partial charge is 0.417 e. The third kappa shape index (κ3) is 4.28. The molecule has 8 nitrogen and oxygen atoms in total. The number of alkyl halides is 1. The first kappa shape index (κ1) is 20.6. The second-order valence-electron chi connectivity index (χ2n) is 8.43. The predicted octanol–water partition coefficient (Wildman–Crippen LogP) is 3.47. The average molecular weight is 434 g/mol. The molecule has 1 fully saturated rings. The van der Waals surface area contributed by atoms with E-state index in [1.165, 1.54) is 11.3 Å². The minimum Gasteiger partial charge on any atom is -0.443 e. The Balaban J connectivity index is 1.51. The Morgan fingerprint density at radius 2 is 2.07 bits per heavy atom. The number of aromatic nitrogens is 3. The maximum absolute atomic E-state index is 13.6. The largest absolute Gasteiger partial charge is 0.443 e. The van der Waals surface area contributed by atoms with Crippen molar-refractivity contribution in [2.75, 3.05) is 24.5 Å². The number of carbonyl (C=O) groups excluding carboxylic acids is 2. The minimum absolute atomic E-state index is 0.230. The number of amides is 2. The molecule has 4 rings (SSSR count). The maximum Gasteiger partial charge on any atom is 0.417 e. The number of hydrogen-bond acceptors (Lipinski definition) is 8. The molecule has 1 atom stereocenters. The third-order valence-corrected chi connectivity index (χ3v) is 5.98. The van der Waals surface area contributed by atoms with Crippen molar-refractivity contribution in [3.05, 3.63) is 23.0 Å². The number of rotatable bonds is 2. The highest BCUT2D eigenvalue weighted by Gasteiger charge is 2.35. The van der Waals surface area contributed by atoms with Crippen LogP contribution >= 0.6 is 11.3 Å². The van der Waals surface area contributed by atoms with Crippen LogP contribution in [0.5, 0.6) is 0 Å². The zero-order chi connectivity index (χ0) is 21.5. The number of ether oxygens (including phenoxy) is 1. The van der Waals surface area contributed by atoms with Crippen LogP contribution in [0.15, 0.2) is 12.4 Å². The molecule has 0 radical (unpaired) electrons. The number of piperidine rings is 1. The molecule has 0 unspecified atom stereocenters. The van der Waals surface area contributed by atoms with Gasteiger partial charge < -0.3 is 9.64 Å². The van der Waals surface area contributed by atoms with E-state index in [9.17, 15) is 14.0 Å². The molecule has 0 aromatic carbocycles. The Morgan fingerprint density at radius 3 is 2.73 bits per heavy atom. The van der Waals surface area contributed by atoms with E-state index in [2.05, 4.69) is 15.0 Å². The van der Waals surface area contributed by atoms with Gasteiger partial charge in [0, 0.05) is 19.5 Å². The monoisotopic (exact) mass is 433 g/mol. The van der Waals surface area contributed by atoms with Crippen molar-refractivity contribution in [3.63, 3.8) is 0 Å². The molecule has 0 bridgehead atoms. The maximum atomic E-state index is 13.6. The minimum atomic E-state index is -0.843. The van der Waals surface area contributed by atoms with Gasteiger partial charge in [-0.3, -0.25) is 4.79 Å². The van der Waals surface area contributed by atoms with Crippen molar-refractivity contribution in [3.8, 4) is 10.7 Å². The number of thiazole rings is 1. The fraction of sp³-hybridized carbons (Fsp3) is 0.550. The van der Waals surface area contributed by atoms with Crippen molar-refractivity contribution < 1.29 is 18.7 Å². The summed E-state index contributed by atoms with van der Waals surface area (Å²) in [7, 11) is 0. The van der Waals surface area contributed by atoms with E-state index >= 15 is 0 Å². The van der Waals surface area contributed by atoms with Crippen molar-refractivity contribution >= 4 is 29.2 Å². The van der Waals surface area contributed by atoms with Crippen LogP contribution in [0.2, 0.25) is 0 Å². The van der Waals surface area contributed by atoms with Crippen LogP contribution in [-0.4, -0.2) is 63.3 Å². The Bertz CT molecular complexity index is 956. The summed E-state index contributed by atoms with van der Waals surface area (Å²) in [5.74, 6) is 0.232. The van der Waals surface area contributed by atoms with Gasteiger partial charge in [-0.05, 0) is 33.6 Å². The molecule has 2 aromatic rings. The molecule has 2 amide bonds. The van der Waals surface area contributed by atoms with Gasteiger partial charge in [-0.2, -0.15) is 0 Å². The first-order chi connectivity index (χ1) is 14.2. The first-order valence-electron chi connectivity index (χ1n) is 9.97. The van der Waals surface area contributed by atoms with Gasteiger partial charge in [0.05, 0.1) is 24.6 Å². The Labute approximate surface area is 178 Å². The molecule has 0 aliphatic carbocycles. The second-order valence-corrected chi connectivity index (χ2v) is 9.43. The fourth-order valence-electron chi connectivity index (χ4n) is 3.46. The molecule has 2 aliphatic heterocycles. The summed E-state index contributed by atoms with van der Waals surface area (Å²) >= 11 is 1.19. The van der Waals surface area contributed by atoms with E-state index in [1.54, 1.807) is 33.2 Å². The van der Waals surface area contributed by atoms with Crippen LogP contribution in [0.4, 0.5) is 15.0 Å². The molecule has 10 heteroatoms. The molecule has 2 aromatic heterocycles. The molecule has 1 saturated heterocycles. The van der Waals surface area contributed by atoms with Crippen LogP contribution in [0.3, 0.4) is 0 Å². The van der Waals surface area contributed by atoms with Crippen LogP contribution < -0.4 is 4.90 Å². The quantitative estimate of drug-likeness (QED) is 0.716. The molecule has 30 heavy (non-hydrogen) atoms. The standard InChI is InChI=1S/C20H24FN5O3S/c1-20(2,3)29-19(28)26-8-6-13-16(18(26)27)30-17(24-13)14-9-23-15(10-22-14)25-7-4-5-12(21)11-25/h9-10,12H,4-8,11H2,1-3H3/t12-/m0/s1. The molecule has 0 N–H and O–H groups in total. The SMILES string of the molecule is CC(C)(C)OC(=O)N1CCc2nc(-c3cnc(N4CCC[C@H](F)C4)cn3)sc2C1=O. The Hall–Kier alpha value is -2.62. The van der Waals surface area contributed by atoms with E-state index in [4.69, 9.17) is 4.74 Å². The topological polar surface area (TPSA) is 88.5 Å². The molecule has 2 aliphatic rings. The molecule has 4 heterocycles.